The lowest BCUT2D eigenvalue weighted by molar-refractivity contribution is 0.188. The van der Waals surface area contributed by atoms with Crippen molar-refractivity contribution in [1.82, 2.24) is 9.80 Å². The SMILES string of the molecule is CC1CN(CC2(CBr)CCCC2)CC1N(C)C. The largest absolute Gasteiger partial charge is 0.305 e. The molecule has 1 aliphatic carbocycles. The van der Waals surface area contributed by atoms with Crippen molar-refractivity contribution in [3.8, 4) is 0 Å². The topological polar surface area (TPSA) is 6.48 Å². The molecule has 2 fully saturated rings. The molecule has 1 aliphatic heterocycles. The third kappa shape index (κ3) is 3.05. The molecule has 2 aliphatic rings. The Hall–Kier alpha value is 0.400. The number of likely N-dealkylation sites (tertiary alicyclic amines) is 1. The summed E-state index contributed by atoms with van der Waals surface area (Å²) in [7, 11) is 4.45. The molecule has 100 valence electrons. The zero-order valence-corrected chi connectivity index (χ0v) is 13.2. The summed E-state index contributed by atoms with van der Waals surface area (Å²) >= 11 is 3.76. The smallest absolute Gasteiger partial charge is 0.0254 e. The van der Waals surface area contributed by atoms with Crippen LogP contribution >= 0.6 is 15.9 Å². The third-order valence-electron chi connectivity index (χ3n) is 4.82. The zero-order valence-electron chi connectivity index (χ0n) is 11.6. The molecule has 0 bridgehead atoms. The van der Waals surface area contributed by atoms with Gasteiger partial charge < -0.3 is 9.80 Å². The molecular formula is C14H27BrN2. The van der Waals surface area contributed by atoms with Gasteiger partial charge in [-0.15, -0.1) is 0 Å². The van der Waals surface area contributed by atoms with E-state index in [0.29, 0.717) is 5.41 Å². The minimum Gasteiger partial charge on any atom is -0.305 e. The highest BCUT2D eigenvalue weighted by atomic mass is 79.9. The number of alkyl halides is 1. The minimum absolute atomic E-state index is 0.584. The van der Waals surface area contributed by atoms with Crippen LogP contribution in [0.15, 0.2) is 0 Å². The van der Waals surface area contributed by atoms with Crippen molar-refractivity contribution < 1.29 is 0 Å². The van der Waals surface area contributed by atoms with Crippen LogP contribution in [0, 0.1) is 11.3 Å². The maximum Gasteiger partial charge on any atom is 0.0254 e. The summed E-state index contributed by atoms with van der Waals surface area (Å²) in [6.45, 7) is 6.27. The summed E-state index contributed by atoms with van der Waals surface area (Å²) in [4.78, 5) is 5.11. The Balaban J connectivity index is 1.92. The van der Waals surface area contributed by atoms with Crippen molar-refractivity contribution in [1.29, 1.82) is 0 Å². The van der Waals surface area contributed by atoms with Gasteiger partial charge in [0.2, 0.25) is 0 Å². The molecule has 2 atom stereocenters. The molecular weight excluding hydrogens is 276 g/mol. The Bertz CT molecular complexity index is 249. The van der Waals surface area contributed by atoms with Crippen LogP contribution in [0.25, 0.3) is 0 Å². The quantitative estimate of drug-likeness (QED) is 0.737. The second kappa shape index (κ2) is 5.58. The maximum absolute atomic E-state index is 3.76. The van der Waals surface area contributed by atoms with Crippen LogP contribution in [0.1, 0.15) is 32.6 Å². The average molecular weight is 303 g/mol. The van der Waals surface area contributed by atoms with Crippen molar-refractivity contribution in [2.75, 3.05) is 39.1 Å². The first-order valence-corrected chi connectivity index (χ1v) is 8.13. The number of hydrogen-bond acceptors (Lipinski definition) is 2. The monoisotopic (exact) mass is 302 g/mol. The summed E-state index contributed by atoms with van der Waals surface area (Å²) in [5.74, 6) is 0.818. The highest BCUT2D eigenvalue weighted by molar-refractivity contribution is 9.09. The summed E-state index contributed by atoms with van der Waals surface area (Å²) in [5, 5.41) is 1.19. The first kappa shape index (κ1) is 13.8. The summed E-state index contributed by atoms with van der Waals surface area (Å²) in [6.07, 6.45) is 5.73. The number of halogens is 1. The van der Waals surface area contributed by atoms with E-state index in [1.54, 1.807) is 0 Å². The van der Waals surface area contributed by atoms with Gasteiger partial charge in [0, 0.05) is 31.0 Å². The summed E-state index contributed by atoms with van der Waals surface area (Å²) in [6, 6.07) is 0.753. The fourth-order valence-electron chi connectivity index (χ4n) is 3.78. The van der Waals surface area contributed by atoms with E-state index in [0.717, 1.165) is 12.0 Å². The van der Waals surface area contributed by atoms with E-state index in [4.69, 9.17) is 0 Å². The second-order valence-corrected chi connectivity index (χ2v) is 7.10. The van der Waals surface area contributed by atoms with Crippen LogP contribution in [0.3, 0.4) is 0 Å². The second-order valence-electron chi connectivity index (χ2n) is 6.54. The molecule has 0 radical (unpaired) electrons. The van der Waals surface area contributed by atoms with E-state index in [2.05, 4.69) is 46.7 Å². The van der Waals surface area contributed by atoms with Crippen molar-refractivity contribution in [2.45, 2.75) is 38.6 Å². The molecule has 0 amide bonds. The number of nitrogens with zero attached hydrogens (tertiary/aromatic N) is 2. The number of likely N-dealkylation sites (N-methyl/N-ethyl adjacent to an activating group) is 1. The van der Waals surface area contributed by atoms with Gasteiger partial charge in [-0.05, 0) is 38.3 Å². The molecule has 0 aromatic heterocycles. The molecule has 1 saturated carbocycles. The molecule has 2 unspecified atom stereocenters. The van der Waals surface area contributed by atoms with Gasteiger partial charge in [0.15, 0.2) is 0 Å². The molecule has 0 aromatic rings. The van der Waals surface area contributed by atoms with E-state index >= 15 is 0 Å². The van der Waals surface area contributed by atoms with E-state index in [9.17, 15) is 0 Å². The van der Waals surface area contributed by atoms with Crippen molar-refractivity contribution >= 4 is 15.9 Å². The Kier molecular flexibility index (Phi) is 4.54. The van der Waals surface area contributed by atoms with Crippen LogP contribution in [0.4, 0.5) is 0 Å². The Morgan fingerprint density at radius 2 is 1.88 bits per heavy atom. The third-order valence-corrected chi connectivity index (χ3v) is 6.01. The highest BCUT2D eigenvalue weighted by Gasteiger charge is 2.38. The number of hydrogen-bond donors (Lipinski definition) is 0. The fraction of sp³-hybridized carbons (Fsp3) is 1.00. The highest BCUT2D eigenvalue weighted by Crippen LogP contribution is 2.41. The zero-order chi connectivity index (χ0) is 12.5. The van der Waals surface area contributed by atoms with Gasteiger partial charge in [-0.1, -0.05) is 35.7 Å². The molecule has 17 heavy (non-hydrogen) atoms. The van der Waals surface area contributed by atoms with Crippen LogP contribution in [0.5, 0.6) is 0 Å². The average Bonchev–Trinajstić information content (AvgIpc) is 2.87. The molecule has 2 rings (SSSR count). The fourth-order valence-corrected chi connectivity index (χ4v) is 4.52. The van der Waals surface area contributed by atoms with Gasteiger partial charge in [-0.25, -0.2) is 0 Å². The predicted octanol–water partition coefficient (Wildman–Crippen LogP) is 2.82. The van der Waals surface area contributed by atoms with Gasteiger partial charge in [0.1, 0.15) is 0 Å². The van der Waals surface area contributed by atoms with Crippen molar-refractivity contribution in [3.63, 3.8) is 0 Å². The van der Waals surface area contributed by atoms with Crippen LogP contribution < -0.4 is 0 Å². The van der Waals surface area contributed by atoms with Crippen LogP contribution in [-0.4, -0.2) is 54.9 Å². The maximum atomic E-state index is 3.76. The lowest BCUT2D eigenvalue weighted by atomic mass is 9.88. The van der Waals surface area contributed by atoms with E-state index in [1.807, 2.05) is 0 Å². The molecule has 0 spiro atoms. The standard InChI is InChI=1S/C14H27BrN2/c1-12-8-17(9-13(12)16(2)3)11-14(10-15)6-4-5-7-14/h12-13H,4-11H2,1-3H3. The lowest BCUT2D eigenvalue weighted by Gasteiger charge is -2.32. The van der Waals surface area contributed by atoms with Crippen LogP contribution in [-0.2, 0) is 0 Å². The first-order chi connectivity index (χ1) is 8.06. The van der Waals surface area contributed by atoms with Crippen LogP contribution in [0.2, 0.25) is 0 Å². The van der Waals surface area contributed by atoms with Gasteiger partial charge in [-0.3, -0.25) is 0 Å². The number of rotatable bonds is 4. The van der Waals surface area contributed by atoms with Gasteiger partial charge in [-0.2, -0.15) is 0 Å². The molecule has 3 heteroatoms. The van der Waals surface area contributed by atoms with E-state index in [-0.39, 0.29) is 0 Å². The van der Waals surface area contributed by atoms with E-state index in [1.165, 1.54) is 50.6 Å². The molecule has 0 aromatic carbocycles. The minimum atomic E-state index is 0.584. The van der Waals surface area contributed by atoms with Crippen molar-refractivity contribution in [2.24, 2.45) is 11.3 Å². The molecule has 1 heterocycles. The van der Waals surface area contributed by atoms with Gasteiger partial charge in [0.25, 0.3) is 0 Å². The first-order valence-electron chi connectivity index (χ1n) is 7.01. The lowest BCUT2D eigenvalue weighted by Crippen LogP contribution is -2.38. The van der Waals surface area contributed by atoms with Gasteiger partial charge >= 0.3 is 0 Å². The molecule has 2 nitrogen and oxygen atoms in total. The molecule has 1 saturated heterocycles. The Labute approximate surface area is 115 Å². The molecule has 0 N–H and O–H groups in total. The van der Waals surface area contributed by atoms with E-state index < -0.39 is 0 Å². The normalized spacial score (nSPS) is 33.7. The van der Waals surface area contributed by atoms with Crippen molar-refractivity contribution in [3.05, 3.63) is 0 Å². The summed E-state index contributed by atoms with van der Waals surface area (Å²) in [5.41, 5.74) is 0.584. The Morgan fingerprint density at radius 3 is 2.35 bits per heavy atom. The predicted molar refractivity (Wildman–Crippen MR) is 77.8 cm³/mol. The summed E-state index contributed by atoms with van der Waals surface area (Å²) < 4.78 is 0. The Morgan fingerprint density at radius 1 is 1.24 bits per heavy atom. The van der Waals surface area contributed by atoms with Gasteiger partial charge in [0.05, 0.1) is 0 Å².